The Balaban J connectivity index is 1.83. The lowest BCUT2D eigenvalue weighted by Gasteiger charge is -2.17. The summed E-state index contributed by atoms with van der Waals surface area (Å²) in [5.74, 6) is 0.0652. The number of rotatable bonds is 6. The van der Waals surface area contributed by atoms with E-state index in [0.717, 1.165) is 20.2 Å². The molecule has 2 amide bonds. The molecule has 0 aliphatic heterocycles. The van der Waals surface area contributed by atoms with Crippen molar-refractivity contribution in [1.82, 2.24) is 4.90 Å². The van der Waals surface area contributed by atoms with Gasteiger partial charge in [-0.15, -0.1) is 0 Å². The van der Waals surface area contributed by atoms with Crippen LogP contribution in [0.3, 0.4) is 0 Å². The van der Waals surface area contributed by atoms with E-state index in [2.05, 4.69) is 37.2 Å². The zero-order chi connectivity index (χ0) is 18.4. The summed E-state index contributed by atoms with van der Waals surface area (Å²) in [6, 6.07) is 12.8. The Morgan fingerprint density at radius 2 is 1.72 bits per heavy atom. The van der Waals surface area contributed by atoms with Gasteiger partial charge in [-0.1, -0.05) is 31.9 Å². The van der Waals surface area contributed by atoms with E-state index >= 15 is 0 Å². The molecular formula is C18H18Br2N2O3. The van der Waals surface area contributed by atoms with Gasteiger partial charge in [0.05, 0.1) is 6.54 Å². The van der Waals surface area contributed by atoms with Crippen molar-refractivity contribution >= 4 is 49.4 Å². The molecule has 132 valence electrons. The first-order valence-corrected chi connectivity index (χ1v) is 9.12. The molecule has 0 unspecified atom stereocenters. The van der Waals surface area contributed by atoms with Crippen LogP contribution in [0.2, 0.25) is 0 Å². The molecule has 5 nitrogen and oxygen atoms in total. The van der Waals surface area contributed by atoms with Crippen molar-refractivity contribution in [2.45, 2.75) is 6.92 Å². The molecular weight excluding hydrogens is 452 g/mol. The molecule has 1 N–H and O–H groups in total. The minimum absolute atomic E-state index is 0.0436. The summed E-state index contributed by atoms with van der Waals surface area (Å²) >= 11 is 6.71. The fourth-order valence-electron chi connectivity index (χ4n) is 2.05. The Labute approximate surface area is 163 Å². The van der Waals surface area contributed by atoms with Gasteiger partial charge in [-0.05, 0) is 55.0 Å². The van der Waals surface area contributed by atoms with Gasteiger partial charge in [-0.25, -0.2) is 0 Å². The maximum absolute atomic E-state index is 12.1. The Kier molecular flexibility index (Phi) is 7.01. The van der Waals surface area contributed by atoms with E-state index in [0.29, 0.717) is 5.75 Å². The van der Waals surface area contributed by atoms with Crippen LogP contribution in [-0.2, 0) is 9.59 Å². The molecule has 0 fully saturated rings. The van der Waals surface area contributed by atoms with Crippen molar-refractivity contribution < 1.29 is 14.3 Å². The molecule has 2 aromatic carbocycles. The van der Waals surface area contributed by atoms with Crippen LogP contribution in [0.15, 0.2) is 51.4 Å². The summed E-state index contributed by atoms with van der Waals surface area (Å²) < 4.78 is 7.31. The Morgan fingerprint density at radius 3 is 2.36 bits per heavy atom. The van der Waals surface area contributed by atoms with Crippen LogP contribution in [0, 0.1) is 6.92 Å². The molecule has 2 aromatic rings. The highest BCUT2D eigenvalue weighted by Gasteiger charge is 2.14. The van der Waals surface area contributed by atoms with Crippen molar-refractivity contribution in [3.63, 3.8) is 0 Å². The quantitative estimate of drug-likeness (QED) is 0.695. The summed E-state index contributed by atoms with van der Waals surface area (Å²) in [6.45, 7) is 1.74. The number of benzene rings is 2. The van der Waals surface area contributed by atoms with Gasteiger partial charge in [0.25, 0.3) is 5.91 Å². The first-order valence-electron chi connectivity index (χ1n) is 7.53. The maximum Gasteiger partial charge on any atom is 0.260 e. The van der Waals surface area contributed by atoms with Crippen LogP contribution in [0.4, 0.5) is 5.69 Å². The largest absolute Gasteiger partial charge is 0.484 e. The Hall–Kier alpha value is -1.86. The first-order chi connectivity index (χ1) is 11.8. The van der Waals surface area contributed by atoms with Gasteiger partial charge in [-0.2, -0.15) is 0 Å². The zero-order valence-corrected chi connectivity index (χ0v) is 17.1. The van der Waals surface area contributed by atoms with Crippen molar-refractivity contribution in [1.29, 1.82) is 0 Å². The van der Waals surface area contributed by atoms with Crippen LogP contribution in [0.25, 0.3) is 0 Å². The fraction of sp³-hybridized carbons (Fsp3) is 0.222. The van der Waals surface area contributed by atoms with E-state index < -0.39 is 0 Å². The van der Waals surface area contributed by atoms with E-state index in [1.54, 1.807) is 19.2 Å². The van der Waals surface area contributed by atoms with E-state index in [1.807, 2.05) is 37.3 Å². The number of carbonyl (C=O) groups is 2. The van der Waals surface area contributed by atoms with Gasteiger partial charge in [0, 0.05) is 21.7 Å². The minimum atomic E-state index is -0.273. The normalized spacial score (nSPS) is 10.2. The van der Waals surface area contributed by atoms with Crippen LogP contribution in [0.5, 0.6) is 5.75 Å². The monoisotopic (exact) mass is 468 g/mol. The minimum Gasteiger partial charge on any atom is -0.484 e. The average molecular weight is 470 g/mol. The molecule has 0 aromatic heterocycles. The predicted octanol–water partition coefficient (Wildman–Crippen LogP) is 4.00. The van der Waals surface area contributed by atoms with Crippen LogP contribution < -0.4 is 10.1 Å². The molecule has 0 aliphatic rings. The maximum atomic E-state index is 12.1. The van der Waals surface area contributed by atoms with Crippen LogP contribution in [0.1, 0.15) is 5.56 Å². The van der Waals surface area contributed by atoms with Crippen LogP contribution in [-0.4, -0.2) is 36.9 Å². The summed E-state index contributed by atoms with van der Waals surface area (Å²) in [7, 11) is 1.57. The zero-order valence-electron chi connectivity index (χ0n) is 13.9. The number of anilines is 1. The third-order valence-electron chi connectivity index (χ3n) is 3.45. The topological polar surface area (TPSA) is 58.6 Å². The SMILES string of the molecule is Cc1cc(Br)ccc1NC(=O)CN(C)C(=O)COc1ccc(Br)cc1. The van der Waals surface area contributed by atoms with Gasteiger partial charge in [-0.3, -0.25) is 9.59 Å². The number of hydrogen-bond donors (Lipinski definition) is 1. The Morgan fingerprint density at radius 1 is 1.08 bits per heavy atom. The van der Waals surface area contributed by atoms with E-state index in [1.165, 1.54) is 4.90 Å². The summed E-state index contributed by atoms with van der Waals surface area (Å²) in [6.07, 6.45) is 0. The highest BCUT2D eigenvalue weighted by Crippen LogP contribution is 2.20. The second-order valence-corrected chi connectivity index (χ2v) is 7.33. The number of aryl methyl sites for hydroxylation is 1. The number of hydrogen-bond acceptors (Lipinski definition) is 3. The molecule has 0 saturated carbocycles. The predicted molar refractivity (Wildman–Crippen MR) is 105 cm³/mol. The molecule has 0 radical (unpaired) electrons. The van der Waals surface area contributed by atoms with Gasteiger partial charge in [0.2, 0.25) is 5.91 Å². The molecule has 0 saturated heterocycles. The number of amides is 2. The van der Waals surface area contributed by atoms with E-state index in [4.69, 9.17) is 4.74 Å². The van der Waals surface area contributed by atoms with Crippen molar-refractivity contribution in [3.8, 4) is 5.75 Å². The van der Waals surface area contributed by atoms with Crippen molar-refractivity contribution in [2.75, 3.05) is 25.5 Å². The molecule has 0 bridgehead atoms. The number of ether oxygens (including phenoxy) is 1. The smallest absolute Gasteiger partial charge is 0.260 e. The average Bonchev–Trinajstić information content (AvgIpc) is 2.56. The van der Waals surface area contributed by atoms with Crippen molar-refractivity contribution in [3.05, 3.63) is 57.0 Å². The molecule has 25 heavy (non-hydrogen) atoms. The lowest BCUT2D eigenvalue weighted by atomic mass is 10.2. The number of halogens is 2. The summed E-state index contributed by atoms with van der Waals surface area (Å²) in [5, 5.41) is 2.80. The number of nitrogens with zero attached hydrogens (tertiary/aromatic N) is 1. The van der Waals surface area contributed by atoms with E-state index in [-0.39, 0.29) is 25.0 Å². The molecule has 0 spiro atoms. The molecule has 0 aliphatic carbocycles. The van der Waals surface area contributed by atoms with Gasteiger partial charge in [0.1, 0.15) is 5.75 Å². The fourth-order valence-corrected chi connectivity index (χ4v) is 2.79. The summed E-state index contributed by atoms with van der Waals surface area (Å²) in [4.78, 5) is 25.5. The second-order valence-electron chi connectivity index (χ2n) is 5.50. The number of likely N-dealkylation sites (N-methyl/N-ethyl adjacent to an activating group) is 1. The second kappa shape index (κ2) is 9.01. The lowest BCUT2D eigenvalue weighted by molar-refractivity contribution is -0.135. The Bertz CT molecular complexity index is 763. The number of nitrogens with one attached hydrogen (secondary N) is 1. The van der Waals surface area contributed by atoms with Gasteiger partial charge < -0.3 is 15.0 Å². The molecule has 0 heterocycles. The molecule has 2 rings (SSSR count). The van der Waals surface area contributed by atoms with Crippen molar-refractivity contribution in [2.24, 2.45) is 0 Å². The van der Waals surface area contributed by atoms with Gasteiger partial charge >= 0.3 is 0 Å². The summed E-state index contributed by atoms with van der Waals surface area (Å²) in [5.41, 5.74) is 1.66. The standard InChI is InChI=1S/C18H18Br2N2O3/c1-12-9-14(20)5-8-16(12)21-17(23)10-22(2)18(24)11-25-15-6-3-13(19)4-7-15/h3-9H,10-11H2,1-2H3,(H,21,23). The lowest BCUT2D eigenvalue weighted by Crippen LogP contribution is -2.37. The third-order valence-corrected chi connectivity index (χ3v) is 4.47. The number of carbonyl (C=O) groups excluding carboxylic acids is 2. The first kappa shape index (κ1) is 19.5. The van der Waals surface area contributed by atoms with Crippen LogP contribution >= 0.6 is 31.9 Å². The molecule has 0 atom stereocenters. The van der Waals surface area contributed by atoms with E-state index in [9.17, 15) is 9.59 Å². The van der Waals surface area contributed by atoms with Gasteiger partial charge in [0.15, 0.2) is 6.61 Å². The molecule has 7 heteroatoms. The third kappa shape index (κ3) is 6.17. The highest BCUT2D eigenvalue weighted by atomic mass is 79.9. The highest BCUT2D eigenvalue weighted by molar-refractivity contribution is 9.10.